The van der Waals surface area contributed by atoms with Crippen LogP contribution in [0.5, 0.6) is 6.01 Å². The number of hydrogen-bond acceptors (Lipinski definition) is 6. The van der Waals surface area contributed by atoms with Crippen molar-refractivity contribution in [1.29, 1.82) is 0 Å². The number of amides is 1. The molecule has 0 radical (unpaired) electrons. The summed E-state index contributed by atoms with van der Waals surface area (Å²) in [6, 6.07) is 12.0. The molecule has 3 fully saturated rings. The van der Waals surface area contributed by atoms with Gasteiger partial charge < -0.3 is 19.4 Å². The quantitative estimate of drug-likeness (QED) is 0.264. The lowest BCUT2D eigenvalue weighted by Gasteiger charge is -2.47. The predicted octanol–water partition coefficient (Wildman–Crippen LogP) is 5.83. The number of fused-ring (bicyclic) bond motifs is 3. The van der Waals surface area contributed by atoms with Crippen LogP contribution in [-0.4, -0.2) is 77.1 Å². The zero-order valence-corrected chi connectivity index (χ0v) is 24.0. The smallest absolute Gasteiger partial charge is 0.319 e. The number of anilines is 1. The molecule has 0 aliphatic carbocycles. The highest BCUT2D eigenvalue weighted by molar-refractivity contribution is 6.37. The third-order valence-electron chi connectivity index (χ3n) is 9.07. The average molecular weight is 590 g/mol. The Bertz CT molecular complexity index is 1750. The maximum absolute atomic E-state index is 16.0. The third kappa shape index (κ3) is 4.37. The van der Waals surface area contributed by atoms with E-state index in [0.717, 1.165) is 25.8 Å². The molecule has 42 heavy (non-hydrogen) atoms. The summed E-state index contributed by atoms with van der Waals surface area (Å²) >= 11 is 6.39. The highest BCUT2D eigenvalue weighted by Gasteiger charge is 2.49. The van der Waals surface area contributed by atoms with Gasteiger partial charge in [0.15, 0.2) is 0 Å². The second-order valence-electron chi connectivity index (χ2n) is 11.3. The van der Waals surface area contributed by atoms with Crippen molar-refractivity contribution in [2.45, 2.75) is 37.4 Å². The Morgan fingerprint density at radius 3 is 2.74 bits per heavy atom. The van der Waals surface area contributed by atoms with Crippen molar-refractivity contribution in [3.63, 3.8) is 0 Å². The molecule has 3 saturated heterocycles. The number of likely N-dealkylation sites (N-methyl/N-ethyl adjacent to an activating group) is 1. The molecule has 0 spiro atoms. The number of carbonyl (C=O) groups is 1. The maximum Gasteiger partial charge on any atom is 0.319 e. The second kappa shape index (κ2) is 10.5. The molecule has 3 aliphatic rings. The summed E-state index contributed by atoms with van der Waals surface area (Å²) in [6.45, 7) is 6.30. The van der Waals surface area contributed by atoms with Crippen molar-refractivity contribution in [1.82, 2.24) is 19.8 Å². The Kier molecular flexibility index (Phi) is 6.74. The molecule has 3 aliphatic heterocycles. The molecule has 4 heterocycles. The minimum atomic E-state index is -0.567. The molecule has 3 aromatic carbocycles. The lowest BCUT2D eigenvalue weighted by molar-refractivity contribution is -0.127. The van der Waals surface area contributed by atoms with Gasteiger partial charge in [-0.05, 0) is 68.1 Å². The third-order valence-corrected chi connectivity index (χ3v) is 9.44. The van der Waals surface area contributed by atoms with Gasteiger partial charge in [-0.15, -0.1) is 0 Å². The average Bonchev–Trinajstić information content (AvgIpc) is 3.54. The molecule has 7 nitrogen and oxygen atoms in total. The summed E-state index contributed by atoms with van der Waals surface area (Å²) in [4.78, 5) is 28.1. The van der Waals surface area contributed by atoms with E-state index in [1.54, 1.807) is 24.3 Å². The number of aromatic nitrogens is 2. The van der Waals surface area contributed by atoms with E-state index >= 15 is 4.39 Å². The standard InChI is InChI=1S/C32H30ClF2N5O2/c1-3-28(41)39-13-11-26-27(39)16-40(26)31-22-14-24(35)21(20-8-4-6-18-9-10-23(34)30(33)29(18)20)15-25(22)36-32(37-31)42-17-19-7-5-12-38(19)2/h3-4,6,8-10,14-15,19,26-27H,1,5,7,11-13,16-17H2,2H3/t19-,26?,27+/m0/s1. The van der Waals surface area contributed by atoms with E-state index in [0.29, 0.717) is 52.8 Å². The van der Waals surface area contributed by atoms with Gasteiger partial charge in [0.2, 0.25) is 5.91 Å². The van der Waals surface area contributed by atoms with Crippen LogP contribution in [0.25, 0.3) is 32.8 Å². The van der Waals surface area contributed by atoms with Crippen LogP contribution in [0.3, 0.4) is 0 Å². The lowest BCUT2D eigenvalue weighted by Crippen LogP contribution is -2.63. The number of halogens is 3. The summed E-state index contributed by atoms with van der Waals surface area (Å²) in [7, 11) is 2.08. The molecule has 3 atom stereocenters. The Balaban J connectivity index is 1.33. The topological polar surface area (TPSA) is 61.8 Å². The van der Waals surface area contributed by atoms with Gasteiger partial charge in [0.05, 0.1) is 22.6 Å². The van der Waals surface area contributed by atoms with Gasteiger partial charge in [-0.1, -0.05) is 42.4 Å². The summed E-state index contributed by atoms with van der Waals surface area (Å²) in [5, 5.41) is 1.64. The van der Waals surface area contributed by atoms with Crippen molar-refractivity contribution in [2.75, 3.05) is 38.2 Å². The summed E-state index contributed by atoms with van der Waals surface area (Å²) < 4.78 is 36.6. The fraction of sp³-hybridized carbons (Fsp3) is 0.344. The zero-order valence-electron chi connectivity index (χ0n) is 23.2. The molecule has 0 bridgehead atoms. The van der Waals surface area contributed by atoms with Crippen LogP contribution in [0.2, 0.25) is 5.02 Å². The molecule has 4 aromatic rings. The molecule has 216 valence electrons. The lowest BCUT2D eigenvalue weighted by atomic mass is 9.94. The Hall–Kier alpha value is -3.82. The molecule has 7 rings (SSSR count). The van der Waals surface area contributed by atoms with Crippen molar-refractivity contribution in [3.8, 4) is 17.1 Å². The number of hydrogen-bond donors (Lipinski definition) is 0. The predicted molar refractivity (Wildman–Crippen MR) is 160 cm³/mol. The molecule has 0 N–H and O–H groups in total. The van der Waals surface area contributed by atoms with Crippen molar-refractivity contribution < 1.29 is 18.3 Å². The fourth-order valence-electron chi connectivity index (χ4n) is 6.75. The number of ether oxygens (including phenoxy) is 1. The van der Waals surface area contributed by atoms with Gasteiger partial charge in [-0.25, -0.2) is 8.78 Å². The number of benzene rings is 3. The van der Waals surface area contributed by atoms with Crippen molar-refractivity contribution in [2.24, 2.45) is 0 Å². The molecule has 0 saturated carbocycles. The van der Waals surface area contributed by atoms with Gasteiger partial charge in [0.1, 0.15) is 24.1 Å². The number of carbonyl (C=O) groups excluding carboxylic acids is 1. The van der Waals surface area contributed by atoms with Crippen LogP contribution in [-0.2, 0) is 4.79 Å². The summed E-state index contributed by atoms with van der Waals surface area (Å²) in [5.41, 5.74) is 1.25. The highest BCUT2D eigenvalue weighted by atomic mass is 35.5. The second-order valence-corrected chi connectivity index (χ2v) is 11.7. The van der Waals surface area contributed by atoms with Crippen LogP contribution >= 0.6 is 11.6 Å². The molecule has 1 aromatic heterocycles. The first-order chi connectivity index (χ1) is 20.3. The van der Waals surface area contributed by atoms with Gasteiger partial charge in [0, 0.05) is 35.5 Å². The van der Waals surface area contributed by atoms with E-state index in [2.05, 4.69) is 23.4 Å². The van der Waals surface area contributed by atoms with E-state index < -0.39 is 11.6 Å². The minimum absolute atomic E-state index is 0.0499. The first-order valence-corrected chi connectivity index (χ1v) is 14.6. The first-order valence-electron chi connectivity index (χ1n) is 14.2. The van der Waals surface area contributed by atoms with E-state index in [4.69, 9.17) is 26.3 Å². The van der Waals surface area contributed by atoms with E-state index in [9.17, 15) is 9.18 Å². The Labute approximate surface area is 247 Å². The summed E-state index contributed by atoms with van der Waals surface area (Å²) in [6.07, 6.45) is 4.27. The Morgan fingerprint density at radius 1 is 1.10 bits per heavy atom. The largest absolute Gasteiger partial charge is 0.462 e. The highest BCUT2D eigenvalue weighted by Crippen LogP contribution is 2.42. The van der Waals surface area contributed by atoms with Crippen LogP contribution < -0.4 is 9.64 Å². The number of nitrogens with zero attached hydrogens (tertiary/aromatic N) is 5. The fourth-order valence-corrected chi connectivity index (χ4v) is 7.03. The van der Waals surface area contributed by atoms with Crippen LogP contribution in [0.15, 0.2) is 55.1 Å². The summed E-state index contributed by atoms with van der Waals surface area (Å²) in [5.74, 6) is -0.562. The van der Waals surface area contributed by atoms with Crippen LogP contribution in [0.1, 0.15) is 19.3 Å². The molecule has 10 heteroatoms. The Morgan fingerprint density at radius 2 is 1.95 bits per heavy atom. The first kappa shape index (κ1) is 27.0. The van der Waals surface area contributed by atoms with Crippen molar-refractivity contribution >= 4 is 45.0 Å². The maximum atomic E-state index is 16.0. The van der Waals surface area contributed by atoms with Crippen LogP contribution in [0, 0.1) is 11.6 Å². The van der Waals surface area contributed by atoms with Gasteiger partial charge >= 0.3 is 6.01 Å². The van der Waals surface area contributed by atoms with Crippen LogP contribution in [0.4, 0.5) is 14.6 Å². The van der Waals surface area contributed by atoms with E-state index in [1.165, 1.54) is 18.2 Å². The van der Waals surface area contributed by atoms with Gasteiger partial charge in [0.25, 0.3) is 0 Å². The molecular weight excluding hydrogens is 560 g/mol. The minimum Gasteiger partial charge on any atom is -0.462 e. The van der Waals surface area contributed by atoms with E-state index in [1.807, 2.05) is 11.0 Å². The number of likely N-dealkylation sites (tertiary alicyclic amines) is 2. The molecule has 1 unspecified atom stereocenters. The SMILES string of the molecule is C=CC(=O)N1CCC2[C@H]1CN2c1nc(OC[C@@H]2CCCN2C)nc2cc(-c3cccc4ccc(F)c(Cl)c34)c(F)cc12. The van der Waals surface area contributed by atoms with Crippen molar-refractivity contribution in [3.05, 3.63) is 71.8 Å². The van der Waals surface area contributed by atoms with E-state index in [-0.39, 0.29) is 40.6 Å². The van der Waals surface area contributed by atoms with Gasteiger partial charge in [-0.2, -0.15) is 9.97 Å². The normalized spacial score (nSPS) is 22.0. The van der Waals surface area contributed by atoms with Gasteiger partial charge in [-0.3, -0.25) is 4.79 Å². The number of rotatable bonds is 6. The molecular formula is C32H30ClF2N5O2. The molecule has 1 amide bonds. The monoisotopic (exact) mass is 589 g/mol. The zero-order chi connectivity index (χ0) is 29.1.